The summed E-state index contributed by atoms with van der Waals surface area (Å²) in [7, 11) is 0. The lowest BCUT2D eigenvalue weighted by Gasteiger charge is -2.30. The molecule has 1 aromatic heterocycles. The molecule has 8 aromatic carbocycles. The summed E-state index contributed by atoms with van der Waals surface area (Å²) < 4.78 is 2.70. The van der Waals surface area contributed by atoms with Gasteiger partial charge in [-0.05, 0) is 91.2 Å². The summed E-state index contributed by atoms with van der Waals surface area (Å²) in [6.07, 6.45) is 0. The molecule has 54 heavy (non-hydrogen) atoms. The Kier molecular flexibility index (Phi) is 6.59. The lowest BCUT2D eigenvalue weighted by atomic mass is 9.82. The molecule has 9 aromatic rings. The summed E-state index contributed by atoms with van der Waals surface area (Å²) in [6.45, 7) is 9.45. The number of rotatable bonds is 4. The van der Waals surface area contributed by atoms with Crippen molar-refractivity contribution in [3.8, 4) is 33.4 Å². The van der Waals surface area contributed by atoms with Gasteiger partial charge in [0.25, 0.3) is 0 Å². The maximum atomic E-state index is 2.50. The lowest BCUT2D eigenvalue weighted by Crippen LogP contribution is -2.16. The van der Waals surface area contributed by atoms with Gasteiger partial charge >= 0.3 is 0 Å². The summed E-state index contributed by atoms with van der Waals surface area (Å²) in [6, 6.07) is 61.4. The van der Waals surface area contributed by atoms with E-state index in [1.54, 1.807) is 0 Å². The first-order valence-corrected chi connectivity index (χ1v) is 19.8. The minimum absolute atomic E-state index is 0.0478. The van der Waals surface area contributed by atoms with Crippen molar-refractivity contribution in [3.05, 3.63) is 186 Å². The monoisotopic (exact) mass is 709 g/mol. The Hall–Kier alpha value is -5.96. The average molecular weight is 710 g/mol. The fraction of sp³-hybridized carbons (Fsp3) is 0.115. The molecule has 258 valence electrons. The predicted octanol–water partition coefficient (Wildman–Crippen LogP) is 15.0. The van der Waals surface area contributed by atoms with Gasteiger partial charge in [-0.15, -0.1) is 11.3 Å². The maximum absolute atomic E-state index is 2.50. The zero-order valence-corrected chi connectivity index (χ0v) is 31.8. The Labute approximate surface area is 320 Å². The highest BCUT2D eigenvalue weighted by atomic mass is 32.1. The number of nitrogens with zero attached hydrogens (tertiary/aromatic N) is 1. The van der Waals surface area contributed by atoms with Crippen LogP contribution in [0, 0.1) is 0 Å². The Morgan fingerprint density at radius 1 is 0.407 bits per heavy atom. The molecule has 0 bridgehead atoms. The van der Waals surface area contributed by atoms with E-state index in [-0.39, 0.29) is 10.8 Å². The zero-order valence-electron chi connectivity index (χ0n) is 30.9. The van der Waals surface area contributed by atoms with Crippen LogP contribution in [0.5, 0.6) is 0 Å². The van der Waals surface area contributed by atoms with Crippen LogP contribution >= 0.6 is 11.3 Å². The molecular weight excluding hydrogens is 671 g/mol. The van der Waals surface area contributed by atoms with Crippen LogP contribution < -0.4 is 4.90 Å². The van der Waals surface area contributed by atoms with Crippen molar-refractivity contribution in [1.29, 1.82) is 0 Å². The molecular formula is C52H39NS. The molecule has 0 spiro atoms. The van der Waals surface area contributed by atoms with Gasteiger partial charge in [0, 0.05) is 47.9 Å². The third kappa shape index (κ3) is 4.32. The van der Waals surface area contributed by atoms with E-state index >= 15 is 0 Å². The van der Waals surface area contributed by atoms with Gasteiger partial charge in [0.2, 0.25) is 0 Å². The van der Waals surface area contributed by atoms with Crippen LogP contribution in [0.25, 0.3) is 64.3 Å². The van der Waals surface area contributed by atoms with Crippen molar-refractivity contribution >= 4 is 59.3 Å². The molecule has 0 saturated heterocycles. The van der Waals surface area contributed by atoms with Crippen LogP contribution in [-0.4, -0.2) is 0 Å². The quantitative estimate of drug-likeness (QED) is 0.176. The molecule has 2 aliphatic carbocycles. The second kappa shape index (κ2) is 11.3. The van der Waals surface area contributed by atoms with E-state index in [0.29, 0.717) is 0 Å². The first kappa shape index (κ1) is 31.6. The van der Waals surface area contributed by atoms with Crippen LogP contribution in [-0.2, 0) is 10.8 Å². The van der Waals surface area contributed by atoms with Crippen LogP contribution in [0.4, 0.5) is 17.1 Å². The third-order valence-electron chi connectivity index (χ3n) is 12.5. The molecule has 0 unspecified atom stereocenters. The minimum Gasteiger partial charge on any atom is -0.310 e. The van der Waals surface area contributed by atoms with E-state index in [4.69, 9.17) is 0 Å². The van der Waals surface area contributed by atoms with Crippen LogP contribution in [0.3, 0.4) is 0 Å². The average Bonchev–Trinajstić information content (AvgIpc) is 3.79. The van der Waals surface area contributed by atoms with Gasteiger partial charge in [0.15, 0.2) is 0 Å². The fourth-order valence-corrected chi connectivity index (χ4v) is 11.1. The molecule has 2 aliphatic rings. The molecule has 0 fully saturated rings. The summed E-state index contributed by atoms with van der Waals surface area (Å²) in [5.74, 6) is 0. The zero-order chi connectivity index (χ0) is 36.3. The van der Waals surface area contributed by atoms with Crippen molar-refractivity contribution < 1.29 is 0 Å². The van der Waals surface area contributed by atoms with Crippen molar-refractivity contribution in [3.63, 3.8) is 0 Å². The summed E-state index contributed by atoms with van der Waals surface area (Å²) in [4.78, 5) is 2.50. The molecule has 0 saturated carbocycles. The van der Waals surface area contributed by atoms with Gasteiger partial charge in [-0.3, -0.25) is 0 Å². The second-order valence-corrected chi connectivity index (χ2v) is 17.1. The van der Waals surface area contributed by atoms with Crippen LogP contribution in [0.15, 0.2) is 164 Å². The summed E-state index contributed by atoms with van der Waals surface area (Å²) >= 11 is 1.92. The molecule has 2 heteroatoms. The molecule has 0 N–H and O–H groups in total. The Balaban J connectivity index is 1.11. The van der Waals surface area contributed by atoms with E-state index in [9.17, 15) is 0 Å². The Morgan fingerprint density at radius 2 is 1.00 bits per heavy atom. The number of anilines is 3. The van der Waals surface area contributed by atoms with Gasteiger partial charge < -0.3 is 4.90 Å². The maximum Gasteiger partial charge on any atom is 0.0543 e. The highest BCUT2D eigenvalue weighted by molar-refractivity contribution is 7.27. The van der Waals surface area contributed by atoms with Crippen molar-refractivity contribution in [1.82, 2.24) is 0 Å². The molecule has 0 atom stereocenters. The molecule has 1 nitrogen and oxygen atoms in total. The van der Waals surface area contributed by atoms with Crippen LogP contribution in [0.2, 0.25) is 0 Å². The largest absolute Gasteiger partial charge is 0.310 e. The van der Waals surface area contributed by atoms with Gasteiger partial charge in [-0.1, -0.05) is 161 Å². The molecule has 1 heterocycles. The Bertz CT molecular complexity index is 3000. The van der Waals surface area contributed by atoms with Crippen LogP contribution in [0.1, 0.15) is 49.9 Å². The number of thiophene rings is 1. The van der Waals surface area contributed by atoms with Gasteiger partial charge in [0.05, 0.1) is 5.69 Å². The fourth-order valence-electron chi connectivity index (χ4n) is 9.74. The predicted molar refractivity (Wildman–Crippen MR) is 232 cm³/mol. The van der Waals surface area contributed by atoms with E-state index in [1.807, 2.05) is 11.3 Å². The van der Waals surface area contributed by atoms with Crippen molar-refractivity contribution in [2.75, 3.05) is 4.90 Å². The topological polar surface area (TPSA) is 3.24 Å². The number of benzene rings is 8. The normalized spacial score (nSPS) is 14.6. The minimum atomic E-state index is -0.0907. The molecule has 0 amide bonds. The first-order valence-electron chi connectivity index (χ1n) is 19.0. The highest BCUT2D eigenvalue weighted by Crippen LogP contribution is 2.56. The smallest absolute Gasteiger partial charge is 0.0543 e. The second-order valence-electron chi connectivity index (χ2n) is 16.1. The van der Waals surface area contributed by atoms with Gasteiger partial charge in [0.1, 0.15) is 0 Å². The van der Waals surface area contributed by atoms with E-state index in [2.05, 4.69) is 196 Å². The van der Waals surface area contributed by atoms with E-state index in [0.717, 1.165) is 5.69 Å². The highest BCUT2D eigenvalue weighted by Gasteiger charge is 2.39. The number of hydrogen-bond donors (Lipinski definition) is 0. The van der Waals surface area contributed by atoms with Gasteiger partial charge in [-0.2, -0.15) is 0 Å². The Morgan fingerprint density at radius 3 is 1.83 bits per heavy atom. The van der Waals surface area contributed by atoms with Crippen molar-refractivity contribution in [2.24, 2.45) is 0 Å². The SMILES string of the molecule is CC1(C)c2ccccc2-c2cc(N(c3ccc(-c4cccc5c4sc4c6ccccc6ccc54)cc3)c3cccc4c3-c3ccccc3C4(C)C)ccc21. The van der Waals surface area contributed by atoms with Gasteiger partial charge in [-0.25, -0.2) is 0 Å². The molecule has 0 aliphatic heterocycles. The van der Waals surface area contributed by atoms with Crippen molar-refractivity contribution in [2.45, 2.75) is 38.5 Å². The summed E-state index contributed by atoms with van der Waals surface area (Å²) in [5, 5.41) is 5.28. The lowest BCUT2D eigenvalue weighted by molar-refractivity contribution is 0.660. The first-order chi connectivity index (χ1) is 26.3. The molecule has 11 rings (SSSR count). The number of fused-ring (bicyclic) bond motifs is 11. The summed E-state index contributed by atoms with van der Waals surface area (Å²) in [5.41, 5.74) is 16.8. The van der Waals surface area contributed by atoms with E-state index < -0.39 is 0 Å². The third-order valence-corrected chi connectivity index (χ3v) is 13.8. The standard InChI is InChI=1S/C52H39NS/c1-51(2)43-19-9-7-15-38(43)42-31-35(28-30-45(42)51)53(47-22-12-21-46-48(47)41-16-8-10-20-44(41)52(46,3)4)34-26-23-33(24-27-34)37-17-11-18-39-40-29-25-32-13-5-6-14-36(32)50(40)54-49(37)39/h5-31H,1-4H3. The molecule has 0 radical (unpaired) electrons. The van der Waals surface area contributed by atoms with E-state index in [1.165, 1.54) is 98.0 Å². The number of hydrogen-bond acceptors (Lipinski definition) is 2.